The molecule has 2 rings (SSSR count). The zero-order chi connectivity index (χ0) is 13.8. The summed E-state index contributed by atoms with van der Waals surface area (Å²) in [7, 11) is 0. The molecule has 1 fully saturated rings. The quantitative estimate of drug-likeness (QED) is 0.715. The van der Waals surface area contributed by atoms with Gasteiger partial charge in [0.2, 0.25) is 0 Å². The highest BCUT2D eigenvalue weighted by atomic mass is 79.9. The average molecular weight is 322 g/mol. The van der Waals surface area contributed by atoms with Gasteiger partial charge < -0.3 is 5.32 Å². The first-order valence-electron chi connectivity index (χ1n) is 7.22. The molecule has 1 saturated carbocycles. The Morgan fingerprint density at radius 1 is 1.32 bits per heavy atom. The summed E-state index contributed by atoms with van der Waals surface area (Å²) < 4.78 is 1.14. The van der Waals surface area contributed by atoms with Crippen molar-refractivity contribution in [2.24, 2.45) is 11.8 Å². The molecule has 0 aromatic heterocycles. The Kier molecular flexibility index (Phi) is 5.23. The lowest BCUT2D eigenvalue weighted by molar-refractivity contribution is 0.566. The second kappa shape index (κ2) is 6.71. The van der Waals surface area contributed by atoms with Crippen molar-refractivity contribution >= 4 is 15.9 Å². The highest BCUT2D eigenvalue weighted by Gasteiger charge is 2.22. The maximum atomic E-state index is 4.32. The highest BCUT2D eigenvalue weighted by Crippen LogP contribution is 2.30. The molecule has 0 spiro atoms. The van der Waals surface area contributed by atoms with Crippen molar-refractivity contribution in [3.63, 3.8) is 0 Å². The maximum absolute atomic E-state index is 4.32. The van der Waals surface area contributed by atoms with Gasteiger partial charge in [0.1, 0.15) is 0 Å². The fourth-order valence-electron chi connectivity index (χ4n) is 2.31. The maximum Gasteiger partial charge on any atom is 0.0175 e. The van der Waals surface area contributed by atoms with Crippen molar-refractivity contribution in [3.05, 3.63) is 46.5 Å². The third-order valence-corrected chi connectivity index (χ3v) is 4.47. The molecule has 1 aliphatic carbocycles. The molecule has 0 amide bonds. The molecular weight excluding hydrogens is 298 g/mol. The highest BCUT2D eigenvalue weighted by molar-refractivity contribution is 9.10. The van der Waals surface area contributed by atoms with E-state index in [0.717, 1.165) is 16.9 Å². The Bertz CT molecular complexity index is 417. The number of halogens is 1. The van der Waals surface area contributed by atoms with Gasteiger partial charge in [-0.1, -0.05) is 54.1 Å². The van der Waals surface area contributed by atoms with E-state index in [1.807, 2.05) is 0 Å². The van der Waals surface area contributed by atoms with Crippen molar-refractivity contribution in [3.8, 4) is 0 Å². The Labute approximate surface area is 125 Å². The molecule has 1 aromatic rings. The monoisotopic (exact) mass is 321 g/mol. The van der Waals surface area contributed by atoms with Gasteiger partial charge in [0, 0.05) is 16.9 Å². The Morgan fingerprint density at radius 3 is 2.47 bits per heavy atom. The van der Waals surface area contributed by atoms with Crippen molar-refractivity contribution in [1.82, 2.24) is 5.32 Å². The van der Waals surface area contributed by atoms with Crippen LogP contribution in [0.4, 0.5) is 0 Å². The van der Waals surface area contributed by atoms with Crippen LogP contribution in [0.15, 0.2) is 40.9 Å². The van der Waals surface area contributed by atoms with E-state index in [-0.39, 0.29) is 0 Å². The van der Waals surface area contributed by atoms with Crippen molar-refractivity contribution in [2.45, 2.75) is 32.6 Å². The van der Waals surface area contributed by atoms with Gasteiger partial charge in [-0.2, -0.15) is 0 Å². The van der Waals surface area contributed by atoms with Crippen molar-refractivity contribution in [2.75, 3.05) is 13.1 Å². The molecule has 0 unspecified atom stereocenters. The molecule has 1 aromatic carbocycles. The molecule has 0 heterocycles. The summed E-state index contributed by atoms with van der Waals surface area (Å²) in [6.45, 7) is 11.0. The Balaban J connectivity index is 2.03. The van der Waals surface area contributed by atoms with Gasteiger partial charge in [0.05, 0.1) is 0 Å². The molecule has 0 saturated heterocycles. The third-order valence-electron chi connectivity index (χ3n) is 3.94. The zero-order valence-corrected chi connectivity index (χ0v) is 13.5. The van der Waals surface area contributed by atoms with E-state index in [1.165, 1.54) is 30.5 Å². The number of nitrogens with one attached hydrogen (secondary N) is 1. The van der Waals surface area contributed by atoms with Crippen LogP contribution in [-0.4, -0.2) is 13.1 Å². The summed E-state index contributed by atoms with van der Waals surface area (Å²) >= 11 is 3.50. The van der Waals surface area contributed by atoms with Crippen LogP contribution in [0.1, 0.15) is 38.2 Å². The molecule has 104 valence electrons. The topological polar surface area (TPSA) is 12.0 Å². The fraction of sp³-hybridized carbons (Fsp3) is 0.529. The minimum Gasteiger partial charge on any atom is -0.316 e. The van der Waals surface area contributed by atoms with Gasteiger partial charge in [0.15, 0.2) is 0 Å². The number of benzene rings is 1. The van der Waals surface area contributed by atoms with Crippen LogP contribution in [-0.2, 0) is 0 Å². The van der Waals surface area contributed by atoms with Crippen LogP contribution in [0.25, 0.3) is 0 Å². The lowest BCUT2D eigenvalue weighted by Crippen LogP contribution is -2.25. The second-order valence-electron chi connectivity index (χ2n) is 5.94. The van der Waals surface area contributed by atoms with Gasteiger partial charge in [-0.25, -0.2) is 0 Å². The van der Waals surface area contributed by atoms with Crippen molar-refractivity contribution < 1.29 is 0 Å². The molecule has 1 aliphatic rings. The lowest BCUT2D eigenvalue weighted by Gasteiger charge is -2.23. The molecule has 1 nitrogen and oxygen atoms in total. The smallest absolute Gasteiger partial charge is 0.0175 e. The number of hydrogen-bond donors (Lipinski definition) is 1. The van der Waals surface area contributed by atoms with Gasteiger partial charge >= 0.3 is 0 Å². The molecule has 0 bridgehead atoms. The molecule has 0 aliphatic heterocycles. The van der Waals surface area contributed by atoms with Crippen LogP contribution < -0.4 is 5.32 Å². The fourth-order valence-corrected chi connectivity index (χ4v) is 2.58. The van der Waals surface area contributed by atoms with E-state index in [0.29, 0.717) is 11.8 Å². The van der Waals surface area contributed by atoms with Crippen LogP contribution in [0.5, 0.6) is 0 Å². The van der Waals surface area contributed by atoms with Crippen LogP contribution in [0, 0.1) is 11.8 Å². The van der Waals surface area contributed by atoms with E-state index in [9.17, 15) is 0 Å². The minimum atomic E-state index is 0.423. The second-order valence-corrected chi connectivity index (χ2v) is 6.85. The zero-order valence-electron chi connectivity index (χ0n) is 12.0. The predicted molar refractivity (Wildman–Crippen MR) is 86.5 cm³/mol. The van der Waals surface area contributed by atoms with E-state index in [1.54, 1.807) is 0 Å². The summed E-state index contributed by atoms with van der Waals surface area (Å²) in [5.41, 5.74) is 2.69. The van der Waals surface area contributed by atoms with Crippen LogP contribution in [0.2, 0.25) is 0 Å². The van der Waals surface area contributed by atoms with E-state index in [2.05, 4.69) is 65.9 Å². The van der Waals surface area contributed by atoms with Gasteiger partial charge in [0.25, 0.3) is 0 Å². The average Bonchev–Trinajstić information content (AvgIpc) is 3.19. The van der Waals surface area contributed by atoms with Gasteiger partial charge in [-0.3, -0.25) is 0 Å². The molecule has 2 heteroatoms. The Hall–Kier alpha value is -0.600. The summed E-state index contributed by atoms with van der Waals surface area (Å²) in [5.74, 6) is 1.88. The lowest BCUT2D eigenvalue weighted by atomic mass is 9.86. The molecule has 19 heavy (non-hydrogen) atoms. The molecular formula is C17H24BrN. The summed E-state index contributed by atoms with van der Waals surface area (Å²) in [5, 5.41) is 3.62. The standard InChI is InChI=1S/C17H24BrN/c1-12(2)13(3)17(11-19-10-14-4-5-14)15-6-8-16(18)9-7-15/h6-9,12,14,17,19H,3-5,10-11H2,1-2H3/t17-/m0/s1. The van der Waals surface area contributed by atoms with Crippen LogP contribution in [0.3, 0.4) is 0 Å². The number of hydrogen-bond acceptors (Lipinski definition) is 1. The minimum absolute atomic E-state index is 0.423. The van der Waals surface area contributed by atoms with E-state index < -0.39 is 0 Å². The van der Waals surface area contributed by atoms with E-state index >= 15 is 0 Å². The van der Waals surface area contributed by atoms with Gasteiger partial charge in [-0.15, -0.1) is 0 Å². The third kappa shape index (κ3) is 4.47. The molecule has 0 radical (unpaired) electrons. The molecule has 1 N–H and O–H groups in total. The normalized spacial score (nSPS) is 16.6. The van der Waals surface area contributed by atoms with Gasteiger partial charge in [-0.05, 0) is 48.9 Å². The summed E-state index contributed by atoms with van der Waals surface area (Å²) in [6.07, 6.45) is 2.81. The molecule has 1 atom stereocenters. The van der Waals surface area contributed by atoms with Crippen molar-refractivity contribution in [1.29, 1.82) is 0 Å². The number of rotatable bonds is 7. The Morgan fingerprint density at radius 2 is 1.95 bits per heavy atom. The first-order chi connectivity index (χ1) is 9.08. The first kappa shape index (κ1) is 14.8. The first-order valence-corrected chi connectivity index (χ1v) is 8.02. The largest absolute Gasteiger partial charge is 0.316 e. The SMILES string of the molecule is C=C(C(C)C)[C@H](CNCC1CC1)c1ccc(Br)cc1. The van der Waals surface area contributed by atoms with E-state index in [4.69, 9.17) is 0 Å². The predicted octanol–water partition coefficient (Wildman–Crippen LogP) is 4.74. The van der Waals surface area contributed by atoms with Crippen LogP contribution >= 0.6 is 15.9 Å². The summed E-state index contributed by atoms with van der Waals surface area (Å²) in [4.78, 5) is 0. The summed E-state index contributed by atoms with van der Waals surface area (Å²) in [6, 6.07) is 8.66.